The SMILES string of the molecule is Nc1cc(C(F)F)c(Cl)nc1CCl. The summed E-state index contributed by atoms with van der Waals surface area (Å²) in [5.74, 6) is 0.0507. The molecule has 0 atom stereocenters. The molecule has 0 unspecified atom stereocenters. The lowest BCUT2D eigenvalue weighted by Crippen LogP contribution is -2.00. The highest BCUT2D eigenvalue weighted by Crippen LogP contribution is 2.28. The van der Waals surface area contributed by atoms with Crippen LogP contribution in [0.4, 0.5) is 14.5 Å². The van der Waals surface area contributed by atoms with Crippen molar-refractivity contribution in [1.82, 2.24) is 4.98 Å². The van der Waals surface area contributed by atoms with Gasteiger partial charge in [0.2, 0.25) is 0 Å². The Morgan fingerprint density at radius 1 is 1.54 bits per heavy atom. The van der Waals surface area contributed by atoms with E-state index in [1.165, 1.54) is 0 Å². The number of nitrogens with two attached hydrogens (primary N) is 1. The number of anilines is 1. The van der Waals surface area contributed by atoms with Gasteiger partial charge in [-0.1, -0.05) is 11.6 Å². The third-order valence-corrected chi connectivity index (χ3v) is 2.03. The number of halogens is 4. The van der Waals surface area contributed by atoms with Crippen LogP contribution in [-0.2, 0) is 5.88 Å². The number of hydrogen-bond acceptors (Lipinski definition) is 2. The predicted octanol–water partition coefficient (Wildman–Crippen LogP) is 2.99. The van der Waals surface area contributed by atoms with Crippen LogP contribution in [0.25, 0.3) is 0 Å². The fourth-order valence-electron chi connectivity index (χ4n) is 0.818. The third kappa shape index (κ3) is 2.19. The van der Waals surface area contributed by atoms with Gasteiger partial charge in [-0.2, -0.15) is 0 Å². The molecule has 1 rings (SSSR count). The predicted molar refractivity (Wildman–Crippen MR) is 48.2 cm³/mol. The van der Waals surface area contributed by atoms with Gasteiger partial charge < -0.3 is 5.73 Å². The van der Waals surface area contributed by atoms with E-state index in [9.17, 15) is 8.78 Å². The van der Waals surface area contributed by atoms with Gasteiger partial charge in [-0.05, 0) is 6.07 Å². The molecule has 6 heteroatoms. The van der Waals surface area contributed by atoms with Gasteiger partial charge in [0.15, 0.2) is 0 Å². The van der Waals surface area contributed by atoms with Gasteiger partial charge in [-0.3, -0.25) is 0 Å². The molecular formula is C7H6Cl2F2N2. The topological polar surface area (TPSA) is 38.9 Å². The molecule has 0 aliphatic heterocycles. The van der Waals surface area contributed by atoms with Crippen LogP contribution in [0.1, 0.15) is 17.7 Å². The molecule has 0 spiro atoms. The maximum absolute atomic E-state index is 12.2. The Morgan fingerprint density at radius 2 is 2.15 bits per heavy atom. The standard InChI is InChI=1S/C7H6Cl2F2N2/c8-2-5-4(12)1-3(7(10)11)6(9)13-5/h1,7H,2,12H2. The van der Waals surface area contributed by atoms with E-state index in [0.717, 1.165) is 6.07 Å². The molecule has 0 aliphatic rings. The van der Waals surface area contributed by atoms with Crippen LogP contribution >= 0.6 is 23.2 Å². The fraction of sp³-hybridized carbons (Fsp3) is 0.286. The molecule has 0 amide bonds. The summed E-state index contributed by atoms with van der Waals surface area (Å²) in [4.78, 5) is 3.64. The molecule has 0 bridgehead atoms. The second-order valence-electron chi connectivity index (χ2n) is 2.34. The minimum absolute atomic E-state index is 0.0507. The van der Waals surface area contributed by atoms with Gasteiger partial charge in [0, 0.05) is 0 Å². The molecule has 0 aliphatic carbocycles. The van der Waals surface area contributed by atoms with Crippen molar-refractivity contribution < 1.29 is 8.78 Å². The summed E-state index contributed by atoms with van der Waals surface area (Å²) in [6.07, 6.45) is -2.67. The minimum atomic E-state index is -2.67. The van der Waals surface area contributed by atoms with Gasteiger partial charge in [0.1, 0.15) is 5.15 Å². The Hall–Kier alpha value is -0.610. The maximum Gasteiger partial charge on any atom is 0.266 e. The molecule has 0 fully saturated rings. The number of alkyl halides is 3. The zero-order valence-corrected chi connectivity index (χ0v) is 7.91. The first-order valence-electron chi connectivity index (χ1n) is 3.35. The molecule has 1 aromatic rings. The van der Waals surface area contributed by atoms with E-state index in [0.29, 0.717) is 5.69 Å². The van der Waals surface area contributed by atoms with Crippen molar-refractivity contribution in [2.24, 2.45) is 0 Å². The van der Waals surface area contributed by atoms with Crippen molar-refractivity contribution in [3.8, 4) is 0 Å². The first-order chi connectivity index (χ1) is 6.06. The van der Waals surface area contributed by atoms with E-state index in [2.05, 4.69) is 4.98 Å². The molecule has 2 nitrogen and oxygen atoms in total. The van der Waals surface area contributed by atoms with Gasteiger partial charge >= 0.3 is 0 Å². The molecule has 2 N–H and O–H groups in total. The normalized spacial score (nSPS) is 10.8. The Morgan fingerprint density at radius 3 is 2.62 bits per heavy atom. The number of nitrogens with zero attached hydrogens (tertiary/aromatic N) is 1. The lowest BCUT2D eigenvalue weighted by molar-refractivity contribution is 0.151. The second-order valence-corrected chi connectivity index (χ2v) is 2.96. The third-order valence-electron chi connectivity index (χ3n) is 1.48. The summed E-state index contributed by atoms with van der Waals surface area (Å²) in [6, 6.07) is 1.09. The van der Waals surface area contributed by atoms with Crippen LogP contribution in [0.2, 0.25) is 5.15 Å². The summed E-state index contributed by atoms with van der Waals surface area (Å²) < 4.78 is 24.5. The lowest BCUT2D eigenvalue weighted by atomic mass is 10.2. The first-order valence-corrected chi connectivity index (χ1v) is 4.26. The van der Waals surface area contributed by atoms with Crippen LogP contribution < -0.4 is 5.73 Å². The fourth-order valence-corrected chi connectivity index (χ4v) is 1.27. The van der Waals surface area contributed by atoms with Crippen molar-refractivity contribution in [2.75, 3.05) is 5.73 Å². The van der Waals surface area contributed by atoms with Crippen molar-refractivity contribution in [1.29, 1.82) is 0 Å². The van der Waals surface area contributed by atoms with E-state index in [1.54, 1.807) is 0 Å². The molecule has 72 valence electrons. The molecule has 1 heterocycles. The average molecular weight is 227 g/mol. The smallest absolute Gasteiger partial charge is 0.266 e. The lowest BCUT2D eigenvalue weighted by Gasteiger charge is -2.06. The highest BCUT2D eigenvalue weighted by Gasteiger charge is 2.15. The number of pyridine rings is 1. The Kier molecular flexibility index (Phi) is 3.27. The highest BCUT2D eigenvalue weighted by atomic mass is 35.5. The van der Waals surface area contributed by atoms with Crippen molar-refractivity contribution in [2.45, 2.75) is 12.3 Å². The van der Waals surface area contributed by atoms with E-state index in [1.807, 2.05) is 0 Å². The van der Waals surface area contributed by atoms with Gasteiger partial charge in [0.05, 0.1) is 22.8 Å². The molecule has 1 aromatic heterocycles. The van der Waals surface area contributed by atoms with E-state index >= 15 is 0 Å². The van der Waals surface area contributed by atoms with Gasteiger partial charge in [-0.25, -0.2) is 13.8 Å². The maximum atomic E-state index is 12.2. The van der Waals surface area contributed by atoms with Crippen LogP contribution in [-0.4, -0.2) is 4.98 Å². The highest BCUT2D eigenvalue weighted by molar-refractivity contribution is 6.30. The molecule has 0 radical (unpaired) electrons. The number of rotatable bonds is 2. The second kappa shape index (κ2) is 4.07. The van der Waals surface area contributed by atoms with Crippen molar-refractivity contribution in [3.05, 3.63) is 22.5 Å². The Bertz CT molecular complexity index is 318. The van der Waals surface area contributed by atoms with Crippen molar-refractivity contribution >= 4 is 28.9 Å². The van der Waals surface area contributed by atoms with E-state index in [-0.39, 0.29) is 22.3 Å². The van der Waals surface area contributed by atoms with Crippen LogP contribution in [0, 0.1) is 0 Å². The summed E-state index contributed by atoms with van der Waals surface area (Å²) in [6.45, 7) is 0. The average Bonchev–Trinajstić information content (AvgIpc) is 2.07. The summed E-state index contributed by atoms with van der Waals surface area (Å²) in [5, 5.41) is -0.250. The molecule has 0 aromatic carbocycles. The number of aromatic nitrogens is 1. The van der Waals surface area contributed by atoms with Gasteiger partial charge in [0.25, 0.3) is 6.43 Å². The quantitative estimate of drug-likeness (QED) is 0.622. The molecular weight excluding hydrogens is 221 g/mol. The van der Waals surface area contributed by atoms with Gasteiger partial charge in [-0.15, -0.1) is 11.6 Å². The zero-order chi connectivity index (χ0) is 10.0. The minimum Gasteiger partial charge on any atom is -0.397 e. The monoisotopic (exact) mass is 226 g/mol. The Balaban J connectivity index is 3.20. The van der Waals surface area contributed by atoms with Crippen LogP contribution in [0.5, 0.6) is 0 Å². The molecule has 13 heavy (non-hydrogen) atoms. The summed E-state index contributed by atoms with van der Waals surface area (Å²) >= 11 is 10.9. The molecule has 0 saturated carbocycles. The first kappa shape index (κ1) is 10.5. The number of hydrogen-bond donors (Lipinski definition) is 1. The largest absolute Gasteiger partial charge is 0.397 e. The van der Waals surface area contributed by atoms with E-state index < -0.39 is 6.43 Å². The Labute approximate surface area is 83.7 Å². The summed E-state index contributed by atoms with van der Waals surface area (Å²) in [7, 11) is 0. The van der Waals surface area contributed by atoms with Crippen LogP contribution in [0.3, 0.4) is 0 Å². The number of nitrogen functional groups attached to an aromatic ring is 1. The van der Waals surface area contributed by atoms with Crippen molar-refractivity contribution in [3.63, 3.8) is 0 Å². The summed E-state index contributed by atoms with van der Waals surface area (Å²) in [5.41, 5.74) is 5.48. The van der Waals surface area contributed by atoms with E-state index in [4.69, 9.17) is 28.9 Å². The molecule has 0 saturated heterocycles. The van der Waals surface area contributed by atoms with Crippen LogP contribution in [0.15, 0.2) is 6.07 Å². The zero-order valence-electron chi connectivity index (χ0n) is 6.40.